The Kier molecular flexibility index (Phi) is 6.04. The van der Waals surface area contributed by atoms with Crippen molar-refractivity contribution in [1.29, 1.82) is 0 Å². The van der Waals surface area contributed by atoms with E-state index in [1.54, 1.807) is 42.5 Å². The maximum atomic E-state index is 12.8. The van der Waals surface area contributed by atoms with Crippen LogP contribution < -0.4 is 10.6 Å². The Morgan fingerprint density at radius 1 is 1.07 bits per heavy atom. The Bertz CT molecular complexity index is 913. The highest BCUT2D eigenvalue weighted by molar-refractivity contribution is 9.10. The van der Waals surface area contributed by atoms with Crippen molar-refractivity contribution < 1.29 is 14.4 Å². The first-order chi connectivity index (χ1) is 12.9. The molecule has 2 amide bonds. The van der Waals surface area contributed by atoms with Gasteiger partial charge in [0.25, 0.3) is 0 Å². The molecule has 138 valence electrons. The Hall–Kier alpha value is -2.09. The van der Waals surface area contributed by atoms with Gasteiger partial charge in [0, 0.05) is 27.4 Å². The summed E-state index contributed by atoms with van der Waals surface area (Å²) in [5.74, 6) is -2.97. The summed E-state index contributed by atoms with van der Waals surface area (Å²) in [6, 6.07) is 13.7. The predicted octanol–water partition coefficient (Wildman–Crippen LogP) is 3.61. The molecule has 1 atom stereocenters. The van der Waals surface area contributed by atoms with Gasteiger partial charge in [-0.15, -0.1) is 0 Å². The maximum Gasteiger partial charge on any atom is 0.239 e. The number of carbonyl (C=O) groups excluding carboxylic acids is 3. The molecule has 1 unspecified atom stereocenters. The normalized spacial score (nSPS) is 15.9. The highest BCUT2D eigenvalue weighted by Crippen LogP contribution is 2.35. The van der Waals surface area contributed by atoms with Gasteiger partial charge in [-0.25, -0.2) is 0 Å². The molecule has 5 nitrogen and oxygen atoms in total. The highest BCUT2D eigenvalue weighted by Gasteiger charge is 2.41. The van der Waals surface area contributed by atoms with Crippen molar-refractivity contribution in [3.63, 3.8) is 0 Å². The molecule has 1 aliphatic heterocycles. The quantitative estimate of drug-likeness (QED) is 0.402. The number of Topliss-reactive ketones (excluding diaryl/α,β-unsaturated/α-hetero) is 1. The zero-order valence-electron chi connectivity index (χ0n) is 13.9. The molecule has 0 aromatic heterocycles. The topological polar surface area (TPSA) is 75.3 Å². The summed E-state index contributed by atoms with van der Waals surface area (Å²) in [7, 11) is 0. The molecule has 2 N–H and O–H groups in total. The molecule has 1 fully saturated rings. The summed E-state index contributed by atoms with van der Waals surface area (Å²) >= 11 is 14.2. The van der Waals surface area contributed by atoms with Gasteiger partial charge in [0.15, 0.2) is 10.9 Å². The van der Waals surface area contributed by atoms with Crippen molar-refractivity contribution in [2.24, 2.45) is 5.92 Å². The number of benzene rings is 2. The van der Waals surface area contributed by atoms with Crippen LogP contribution in [0.3, 0.4) is 0 Å². The van der Waals surface area contributed by atoms with E-state index >= 15 is 0 Å². The number of amides is 2. The molecule has 1 saturated heterocycles. The number of carbonyl (C=O) groups is 3. The molecule has 0 radical (unpaired) electrons. The molecular weight excluding hydrogens is 452 g/mol. The van der Waals surface area contributed by atoms with Crippen LogP contribution in [0.4, 0.5) is 0 Å². The molecular formula is C19H14BrClN2O3S. The van der Waals surface area contributed by atoms with Gasteiger partial charge in [0.1, 0.15) is 5.92 Å². The van der Waals surface area contributed by atoms with Crippen molar-refractivity contribution >= 4 is 62.5 Å². The highest BCUT2D eigenvalue weighted by atomic mass is 79.9. The van der Waals surface area contributed by atoms with Crippen LogP contribution in [-0.2, 0) is 9.59 Å². The summed E-state index contributed by atoms with van der Waals surface area (Å²) in [6.45, 7) is 0. The van der Waals surface area contributed by atoms with Crippen LogP contribution in [0.25, 0.3) is 0 Å². The SMILES string of the molecule is O=C(CC(c1ccccc1Br)C1C(=O)NC(=S)NC1=O)c1ccc(Cl)cc1. The van der Waals surface area contributed by atoms with Crippen molar-refractivity contribution in [2.45, 2.75) is 12.3 Å². The lowest BCUT2D eigenvalue weighted by Crippen LogP contribution is -2.57. The molecule has 0 saturated carbocycles. The van der Waals surface area contributed by atoms with Gasteiger partial charge >= 0.3 is 0 Å². The Morgan fingerprint density at radius 2 is 1.67 bits per heavy atom. The molecule has 1 heterocycles. The summed E-state index contributed by atoms with van der Waals surface area (Å²) in [5, 5.41) is 5.42. The van der Waals surface area contributed by atoms with Crippen LogP contribution in [0.1, 0.15) is 28.3 Å². The van der Waals surface area contributed by atoms with Crippen molar-refractivity contribution in [2.75, 3.05) is 0 Å². The smallest absolute Gasteiger partial charge is 0.239 e. The fourth-order valence-corrected chi connectivity index (χ4v) is 3.94. The van der Waals surface area contributed by atoms with Gasteiger partial charge in [0.05, 0.1) is 0 Å². The molecule has 0 spiro atoms. The minimum absolute atomic E-state index is 0.0253. The first-order valence-corrected chi connectivity index (χ1v) is 9.63. The predicted molar refractivity (Wildman–Crippen MR) is 110 cm³/mol. The van der Waals surface area contributed by atoms with Gasteiger partial charge in [-0.2, -0.15) is 0 Å². The lowest BCUT2D eigenvalue weighted by molar-refractivity contribution is -0.136. The van der Waals surface area contributed by atoms with Crippen LogP contribution in [0.2, 0.25) is 5.02 Å². The number of hydrogen-bond acceptors (Lipinski definition) is 4. The minimum Gasteiger partial charge on any atom is -0.302 e. The van der Waals surface area contributed by atoms with Crippen LogP contribution >= 0.6 is 39.7 Å². The maximum absolute atomic E-state index is 12.8. The fraction of sp³-hybridized carbons (Fsp3) is 0.158. The number of rotatable bonds is 5. The third-order valence-corrected chi connectivity index (χ3v) is 5.50. The zero-order valence-corrected chi connectivity index (χ0v) is 17.0. The number of halogens is 2. The summed E-state index contributed by atoms with van der Waals surface area (Å²) in [4.78, 5) is 37.8. The molecule has 27 heavy (non-hydrogen) atoms. The Morgan fingerprint density at radius 3 is 2.26 bits per heavy atom. The second-order valence-corrected chi connectivity index (χ2v) is 7.75. The second kappa shape index (κ2) is 8.29. The number of ketones is 1. The average Bonchev–Trinajstić information content (AvgIpc) is 2.61. The summed E-state index contributed by atoms with van der Waals surface area (Å²) < 4.78 is 0.715. The number of nitrogens with one attached hydrogen (secondary N) is 2. The van der Waals surface area contributed by atoms with Gasteiger partial charge in [-0.1, -0.05) is 45.7 Å². The number of hydrogen-bond donors (Lipinski definition) is 2. The summed E-state index contributed by atoms with van der Waals surface area (Å²) in [6.07, 6.45) is -0.0253. The standard InChI is InChI=1S/C19H14BrClN2O3S/c20-14-4-2-1-3-12(14)13(16-17(25)22-19(27)23-18(16)26)9-15(24)10-5-7-11(21)8-6-10/h1-8,13,16H,9H2,(H2,22,23,25,26,27). The van der Waals surface area contributed by atoms with Crippen LogP contribution in [0.5, 0.6) is 0 Å². The van der Waals surface area contributed by atoms with E-state index in [-0.39, 0.29) is 17.3 Å². The minimum atomic E-state index is -1.08. The van der Waals surface area contributed by atoms with E-state index in [0.717, 1.165) is 0 Å². The lowest BCUT2D eigenvalue weighted by atomic mass is 9.79. The largest absolute Gasteiger partial charge is 0.302 e. The second-order valence-electron chi connectivity index (χ2n) is 6.05. The van der Waals surface area contributed by atoms with Gasteiger partial charge in [-0.05, 0) is 48.1 Å². The van der Waals surface area contributed by atoms with E-state index in [9.17, 15) is 14.4 Å². The van der Waals surface area contributed by atoms with E-state index in [4.69, 9.17) is 23.8 Å². The third kappa shape index (κ3) is 4.43. The third-order valence-electron chi connectivity index (χ3n) is 4.32. The van der Waals surface area contributed by atoms with Crippen molar-refractivity contribution in [3.8, 4) is 0 Å². The first-order valence-electron chi connectivity index (χ1n) is 8.05. The molecule has 2 aromatic rings. The Balaban J connectivity index is 1.98. The van der Waals surface area contributed by atoms with Crippen LogP contribution in [-0.4, -0.2) is 22.7 Å². The van der Waals surface area contributed by atoms with Crippen LogP contribution in [0, 0.1) is 5.92 Å². The van der Waals surface area contributed by atoms with Crippen molar-refractivity contribution in [1.82, 2.24) is 10.6 Å². The van der Waals surface area contributed by atoms with E-state index in [1.165, 1.54) is 0 Å². The molecule has 0 bridgehead atoms. The first kappa shape index (κ1) is 19.7. The van der Waals surface area contributed by atoms with Crippen LogP contribution in [0.15, 0.2) is 53.0 Å². The molecule has 2 aromatic carbocycles. The monoisotopic (exact) mass is 464 g/mol. The van der Waals surface area contributed by atoms with E-state index in [0.29, 0.717) is 20.6 Å². The van der Waals surface area contributed by atoms with E-state index in [1.807, 2.05) is 6.07 Å². The van der Waals surface area contributed by atoms with Gasteiger partial charge in [-0.3, -0.25) is 14.4 Å². The van der Waals surface area contributed by atoms with Gasteiger partial charge < -0.3 is 10.6 Å². The summed E-state index contributed by atoms with van der Waals surface area (Å²) in [5.41, 5.74) is 1.16. The fourth-order valence-electron chi connectivity index (χ4n) is 3.03. The Labute approximate surface area is 174 Å². The van der Waals surface area contributed by atoms with E-state index < -0.39 is 23.7 Å². The zero-order chi connectivity index (χ0) is 19.6. The van der Waals surface area contributed by atoms with Crippen molar-refractivity contribution in [3.05, 3.63) is 69.2 Å². The lowest BCUT2D eigenvalue weighted by Gasteiger charge is -2.29. The number of thiocarbonyl (C=S) groups is 1. The molecule has 3 rings (SSSR count). The molecule has 0 aliphatic carbocycles. The molecule has 8 heteroatoms. The molecule has 1 aliphatic rings. The van der Waals surface area contributed by atoms with Gasteiger partial charge in [0.2, 0.25) is 11.8 Å². The van der Waals surface area contributed by atoms with E-state index in [2.05, 4.69) is 26.6 Å². The average molecular weight is 466 g/mol.